The Balaban J connectivity index is 2.14. The standard InChI is InChI=1S/C8H13N4O/c1-11-3-2-9-8(10-11)12-4-6-13-7-5-12/h2-3H,4-7H2,1H3/q+1. The smallest absolute Gasteiger partial charge is 0.291 e. The first-order valence-electron chi connectivity index (χ1n) is 4.38. The highest BCUT2D eigenvalue weighted by Crippen LogP contribution is 2.05. The molecule has 2 rings (SSSR count). The van der Waals surface area contributed by atoms with Crippen molar-refractivity contribution in [1.82, 2.24) is 10.1 Å². The molecule has 1 aromatic heterocycles. The molecule has 1 fully saturated rings. The van der Waals surface area contributed by atoms with Gasteiger partial charge in [0.2, 0.25) is 6.20 Å². The number of hydrogen-bond acceptors (Lipinski definition) is 4. The number of aromatic nitrogens is 3. The first kappa shape index (κ1) is 8.37. The molecule has 0 bridgehead atoms. The number of morpholine rings is 1. The van der Waals surface area contributed by atoms with Crippen molar-refractivity contribution in [3.05, 3.63) is 12.4 Å². The second kappa shape index (κ2) is 3.66. The van der Waals surface area contributed by atoms with Gasteiger partial charge in [0.1, 0.15) is 0 Å². The molecule has 2 heterocycles. The molecule has 0 saturated carbocycles. The lowest BCUT2D eigenvalue weighted by atomic mass is 10.4. The van der Waals surface area contributed by atoms with E-state index in [-0.39, 0.29) is 0 Å². The lowest BCUT2D eigenvalue weighted by molar-refractivity contribution is -0.730. The Morgan fingerprint density at radius 1 is 1.46 bits per heavy atom. The van der Waals surface area contributed by atoms with Gasteiger partial charge in [0.05, 0.1) is 19.4 Å². The van der Waals surface area contributed by atoms with Crippen LogP contribution in [0.2, 0.25) is 0 Å². The number of ether oxygens (including phenoxy) is 1. The Morgan fingerprint density at radius 2 is 2.23 bits per heavy atom. The molecule has 1 aliphatic rings. The third-order valence-corrected chi connectivity index (χ3v) is 2.01. The van der Waals surface area contributed by atoms with Gasteiger partial charge in [-0.25, -0.2) is 4.98 Å². The molecule has 1 aliphatic heterocycles. The molecule has 0 aliphatic carbocycles. The summed E-state index contributed by atoms with van der Waals surface area (Å²) in [4.78, 5) is 6.33. The van der Waals surface area contributed by atoms with Gasteiger partial charge >= 0.3 is 0 Å². The van der Waals surface area contributed by atoms with Gasteiger partial charge in [-0.15, -0.1) is 0 Å². The van der Waals surface area contributed by atoms with Gasteiger partial charge in [-0.05, 0) is 0 Å². The maximum Gasteiger partial charge on any atom is 0.291 e. The van der Waals surface area contributed by atoms with Gasteiger partial charge < -0.3 is 9.64 Å². The summed E-state index contributed by atoms with van der Waals surface area (Å²) in [6.45, 7) is 3.29. The van der Waals surface area contributed by atoms with Crippen molar-refractivity contribution < 1.29 is 9.42 Å². The molecule has 0 radical (unpaired) electrons. The van der Waals surface area contributed by atoms with E-state index in [0.717, 1.165) is 32.3 Å². The van der Waals surface area contributed by atoms with Crippen LogP contribution < -0.4 is 9.58 Å². The van der Waals surface area contributed by atoms with E-state index in [2.05, 4.69) is 15.0 Å². The first-order chi connectivity index (χ1) is 6.36. The van der Waals surface area contributed by atoms with Crippen LogP contribution in [0.4, 0.5) is 5.95 Å². The van der Waals surface area contributed by atoms with Crippen LogP contribution in [0, 0.1) is 0 Å². The minimum absolute atomic E-state index is 0.766. The van der Waals surface area contributed by atoms with E-state index < -0.39 is 0 Å². The van der Waals surface area contributed by atoms with E-state index in [1.54, 1.807) is 10.9 Å². The normalized spacial score (nSPS) is 17.5. The van der Waals surface area contributed by atoms with Crippen LogP contribution in [0.15, 0.2) is 12.4 Å². The predicted octanol–water partition coefficient (Wildman–Crippen LogP) is -0.862. The molecule has 1 saturated heterocycles. The third-order valence-electron chi connectivity index (χ3n) is 2.01. The Labute approximate surface area is 77.0 Å². The van der Waals surface area contributed by atoms with Crippen molar-refractivity contribution in [1.29, 1.82) is 0 Å². The van der Waals surface area contributed by atoms with Crippen LogP contribution in [-0.2, 0) is 11.8 Å². The Morgan fingerprint density at radius 3 is 2.92 bits per heavy atom. The number of anilines is 1. The molecule has 0 atom stereocenters. The van der Waals surface area contributed by atoms with Gasteiger partial charge in [-0.3, -0.25) is 0 Å². The molecular formula is C8H13N4O+. The number of rotatable bonds is 1. The molecule has 70 valence electrons. The summed E-state index contributed by atoms with van der Waals surface area (Å²) in [5.74, 6) is 0.785. The molecule has 5 heteroatoms. The van der Waals surface area contributed by atoms with Crippen molar-refractivity contribution >= 4 is 5.95 Å². The maximum absolute atomic E-state index is 5.25. The summed E-state index contributed by atoms with van der Waals surface area (Å²) < 4.78 is 7.01. The molecule has 0 amide bonds. The lowest BCUT2D eigenvalue weighted by Crippen LogP contribution is -2.41. The van der Waals surface area contributed by atoms with Crippen LogP contribution in [0.1, 0.15) is 0 Å². The van der Waals surface area contributed by atoms with E-state index in [1.807, 2.05) is 13.2 Å². The van der Waals surface area contributed by atoms with E-state index in [1.165, 1.54) is 0 Å². The van der Waals surface area contributed by atoms with Crippen molar-refractivity contribution in [2.75, 3.05) is 31.2 Å². The highest BCUT2D eigenvalue weighted by molar-refractivity contribution is 5.26. The van der Waals surface area contributed by atoms with Gasteiger partial charge in [0.25, 0.3) is 5.95 Å². The van der Waals surface area contributed by atoms with Crippen molar-refractivity contribution in [2.45, 2.75) is 0 Å². The Kier molecular flexibility index (Phi) is 2.35. The summed E-state index contributed by atoms with van der Waals surface area (Å²) in [5, 5.41) is 4.27. The SMILES string of the molecule is C[n+]1ccnc(N2CCOCC2)n1. The van der Waals surface area contributed by atoms with Crippen molar-refractivity contribution in [3.8, 4) is 0 Å². The highest BCUT2D eigenvalue weighted by atomic mass is 16.5. The third kappa shape index (κ3) is 1.92. The second-order valence-electron chi connectivity index (χ2n) is 3.00. The predicted molar refractivity (Wildman–Crippen MR) is 46.2 cm³/mol. The zero-order valence-corrected chi connectivity index (χ0v) is 7.68. The molecular weight excluding hydrogens is 168 g/mol. The zero-order chi connectivity index (χ0) is 9.10. The van der Waals surface area contributed by atoms with E-state index in [9.17, 15) is 0 Å². The molecule has 13 heavy (non-hydrogen) atoms. The minimum atomic E-state index is 0.766. The van der Waals surface area contributed by atoms with Crippen LogP contribution in [0.25, 0.3) is 0 Å². The van der Waals surface area contributed by atoms with Gasteiger partial charge in [-0.1, -0.05) is 4.68 Å². The topological polar surface area (TPSA) is 42.1 Å². The molecule has 0 unspecified atom stereocenters. The number of hydrogen-bond donors (Lipinski definition) is 0. The molecule has 0 N–H and O–H groups in total. The average molecular weight is 181 g/mol. The zero-order valence-electron chi connectivity index (χ0n) is 7.68. The summed E-state index contributed by atoms with van der Waals surface area (Å²) in [5.41, 5.74) is 0. The molecule has 0 aromatic carbocycles. The van der Waals surface area contributed by atoms with Crippen LogP contribution >= 0.6 is 0 Å². The average Bonchev–Trinajstić information content (AvgIpc) is 2.19. The maximum atomic E-state index is 5.25. The van der Waals surface area contributed by atoms with Gasteiger partial charge in [0, 0.05) is 18.2 Å². The van der Waals surface area contributed by atoms with Crippen LogP contribution in [0.5, 0.6) is 0 Å². The summed E-state index contributed by atoms with van der Waals surface area (Å²) >= 11 is 0. The quantitative estimate of drug-likeness (QED) is 0.529. The molecule has 0 spiro atoms. The monoisotopic (exact) mass is 181 g/mol. The fourth-order valence-electron chi connectivity index (χ4n) is 1.30. The second-order valence-corrected chi connectivity index (χ2v) is 3.00. The van der Waals surface area contributed by atoms with E-state index >= 15 is 0 Å². The number of nitrogens with zero attached hydrogens (tertiary/aromatic N) is 4. The fourth-order valence-corrected chi connectivity index (χ4v) is 1.30. The molecule has 5 nitrogen and oxygen atoms in total. The van der Waals surface area contributed by atoms with Gasteiger partial charge in [-0.2, -0.15) is 0 Å². The summed E-state index contributed by atoms with van der Waals surface area (Å²) in [6.07, 6.45) is 3.59. The Bertz CT molecular complexity index is 285. The minimum Gasteiger partial charge on any atom is -0.378 e. The van der Waals surface area contributed by atoms with Gasteiger partial charge in [0.15, 0.2) is 7.05 Å². The van der Waals surface area contributed by atoms with Crippen LogP contribution in [0.3, 0.4) is 0 Å². The largest absolute Gasteiger partial charge is 0.378 e. The summed E-state index contributed by atoms with van der Waals surface area (Å²) in [6, 6.07) is 0. The Hall–Kier alpha value is -1.23. The first-order valence-corrected chi connectivity index (χ1v) is 4.38. The highest BCUT2D eigenvalue weighted by Gasteiger charge is 2.15. The number of aryl methyl sites for hydroxylation is 1. The fraction of sp³-hybridized carbons (Fsp3) is 0.625. The molecule has 1 aromatic rings. The van der Waals surface area contributed by atoms with Crippen molar-refractivity contribution in [3.63, 3.8) is 0 Å². The van der Waals surface area contributed by atoms with Crippen molar-refractivity contribution in [2.24, 2.45) is 7.05 Å². The van der Waals surface area contributed by atoms with E-state index in [0.29, 0.717) is 0 Å². The van der Waals surface area contributed by atoms with E-state index in [4.69, 9.17) is 4.74 Å². The lowest BCUT2D eigenvalue weighted by Gasteiger charge is -2.25. The summed E-state index contributed by atoms with van der Waals surface area (Å²) in [7, 11) is 1.89. The van der Waals surface area contributed by atoms with Crippen LogP contribution in [-0.4, -0.2) is 36.4 Å².